The summed E-state index contributed by atoms with van der Waals surface area (Å²) in [5, 5.41) is 3.98. The van der Waals surface area contributed by atoms with E-state index in [0.29, 0.717) is 4.84 Å². The van der Waals surface area contributed by atoms with E-state index in [1.54, 1.807) is 0 Å². The molecule has 0 spiro atoms. The van der Waals surface area contributed by atoms with Crippen molar-refractivity contribution < 1.29 is 16.8 Å². The van der Waals surface area contributed by atoms with Gasteiger partial charge in [-0.1, -0.05) is 66.7 Å². The molecule has 0 saturated heterocycles. The van der Waals surface area contributed by atoms with Crippen LogP contribution in [0.5, 0.6) is 0 Å². The predicted molar refractivity (Wildman–Crippen MR) is 130 cm³/mol. The van der Waals surface area contributed by atoms with Crippen LogP contribution in [0.4, 0.5) is 0 Å². The molecule has 2 nitrogen and oxygen atoms in total. The molecule has 154 valence electrons. The predicted octanol–water partition coefficient (Wildman–Crippen LogP) is 2.92. The molecule has 0 aliphatic rings. The third kappa shape index (κ3) is 3.85. The van der Waals surface area contributed by atoms with Crippen molar-refractivity contribution in [2.75, 3.05) is 0 Å². The Morgan fingerprint density at radius 1 is 0.613 bits per heavy atom. The van der Waals surface area contributed by atoms with Crippen LogP contribution >= 0.6 is 19.5 Å². The van der Waals surface area contributed by atoms with Crippen LogP contribution in [0.25, 0.3) is 11.1 Å². The van der Waals surface area contributed by atoms with Gasteiger partial charge >= 0.3 is 0 Å². The van der Waals surface area contributed by atoms with Crippen molar-refractivity contribution in [3.8, 4) is 0 Å². The summed E-state index contributed by atoms with van der Waals surface area (Å²) in [5.74, 6) is 0. The fourth-order valence-electron chi connectivity index (χ4n) is 4.10. The molecule has 0 radical (unpaired) electrons. The average Bonchev–Trinajstić information content (AvgIpc) is 3.14. The molecule has 1 aromatic heterocycles. The van der Waals surface area contributed by atoms with Crippen molar-refractivity contribution in [1.82, 2.24) is 4.57 Å². The third-order valence-corrected chi connectivity index (χ3v) is 10.1. The van der Waals surface area contributed by atoms with Crippen molar-refractivity contribution in [2.45, 2.75) is 6.29 Å². The van der Waals surface area contributed by atoms with Crippen LogP contribution in [0.2, 0.25) is 0 Å². The molecule has 0 unspecified atom stereocenters. The van der Waals surface area contributed by atoms with Gasteiger partial charge in [-0.2, -0.15) is 0 Å². The van der Waals surface area contributed by atoms with E-state index in [1.165, 1.54) is 15.9 Å². The minimum Gasteiger partial charge on any atom is -1.00 e. The van der Waals surface area contributed by atoms with Crippen LogP contribution in [0.1, 0.15) is 0 Å². The van der Waals surface area contributed by atoms with Gasteiger partial charge in [-0.15, -0.1) is 0 Å². The molecule has 4 aromatic carbocycles. The van der Waals surface area contributed by atoms with E-state index in [9.17, 15) is 0 Å². The van der Waals surface area contributed by atoms with Crippen LogP contribution in [-0.4, -0.2) is 4.57 Å². The van der Waals surface area contributed by atoms with Gasteiger partial charge in [0.2, 0.25) is 0 Å². The van der Waals surface area contributed by atoms with Crippen molar-refractivity contribution >= 4 is 46.5 Å². The fourth-order valence-corrected chi connectivity index (χ4v) is 8.58. The van der Waals surface area contributed by atoms with Crippen molar-refractivity contribution in [2.24, 2.45) is 0 Å². The molecule has 5 aromatic rings. The summed E-state index contributed by atoms with van der Waals surface area (Å²) in [6.07, 6.45) is 0.751. The van der Waals surface area contributed by atoms with Gasteiger partial charge in [0.1, 0.15) is 23.2 Å². The number of halogens is 1. The highest BCUT2D eigenvalue weighted by Gasteiger charge is 2.46. The Morgan fingerprint density at radius 3 is 1.52 bits per heavy atom. The second kappa shape index (κ2) is 9.20. The summed E-state index contributed by atoms with van der Waals surface area (Å²) in [7, 11) is -2.04. The zero-order valence-corrected chi connectivity index (χ0v) is 19.2. The number of fused-ring (bicyclic) bond motifs is 1. The molecule has 0 aliphatic carbocycles. The smallest absolute Gasteiger partial charge is 0.272 e. The van der Waals surface area contributed by atoms with Crippen molar-refractivity contribution in [3.63, 3.8) is 0 Å². The van der Waals surface area contributed by atoms with Crippen molar-refractivity contribution in [1.29, 1.82) is 0 Å². The summed E-state index contributed by atoms with van der Waals surface area (Å²) in [6, 6.07) is 40.6. The van der Waals surface area contributed by atoms with Gasteiger partial charge < -0.3 is 16.8 Å². The maximum absolute atomic E-state index is 5.95. The summed E-state index contributed by atoms with van der Waals surface area (Å²) >= 11 is 5.68. The molecule has 0 amide bonds. The molecule has 0 N–H and O–H groups in total. The summed E-state index contributed by atoms with van der Waals surface area (Å²) in [5.41, 5.74) is 1.87. The standard InChI is InChI=1S/C26H21NOPS.ClH/c30-26-27(24-18-10-11-19-25(24)28-26)20-29(21-12-4-1-5-13-21,22-14-6-2-7-15-22)23-16-8-3-9-17-23;/h1-19H,20H2;1H/q+1;/p-1. The first-order valence-corrected chi connectivity index (χ1v) is 12.3. The number of rotatable bonds is 5. The molecular formula is C26H21ClNOPS. The van der Waals surface area contributed by atoms with Crippen molar-refractivity contribution in [3.05, 3.63) is 120 Å². The number of para-hydroxylation sites is 2. The zero-order chi connectivity index (χ0) is 20.4. The Bertz CT molecular complexity index is 1240. The summed E-state index contributed by atoms with van der Waals surface area (Å²) in [6.45, 7) is 0. The zero-order valence-electron chi connectivity index (χ0n) is 16.8. The molecule has 0 bridgehead atoms. The molecule has 0 aliphatic heterocycles. The van der Waals surface area contributed by atoms with E-state index in [2.05, 4.69) is 102 Å². The van der Waals surface area contributed by atoms with Gasteiger partial charge in [-0.25, -0.2) is 0 Å². The number of nitrogens with zero attached hydrogens (tertiary/aromatic N) is 1. The van der Waals surface area contributed by atoms with Crippen LogP contribution in [-0.2, 0) is 6.29 Å². The SMILES string of the molecule is S=c1oc2ccccc2n1C[P+](c1ccccc1)(c1ccccc1)c1ccccc1.[Cl-]. The molecular weight excluding hydrogens is 441 g/mol. The lowest BCUT2D eigenvalue weighted by Gasteiger charge is -2.27. The molecule has 0 atom stereocenters. The quantitative estimate of drug-likeness (QED) is 0.296. The van der Waals surface area contributed by atoms with Gasteiger partial charge in [-0.05, 0) is 60.7 Å². The highest BCUT2D eigenvalue weighted by atomic mass is 35.5. The maximum Gasteiger partial charge on any atom is 0.272 e. The van der Waals surface area contributed by atoms with Gasteiger partial charge in [-0.3, -0.25) is 4.57 Å². The Kier molecular flexibility index (Phi) is 6.38. The highest BCUT2D eigenvalue weighted by molar-refractivity contribution is 7.94. The Balaban J connectivity index is 0.00000231. The Morgan fingerprint density at radius 2 is 1.03 bits per heavy atom. The van der Waals surface area contributed by atoms with Crippen LogP contribution in [0.3, 0.4) is 0 Å². The summed E-state index contributed by atoms with van der Waals surface area (Å²) < 4.78 is 8.12. The number of oxazole rings is 1. The topological polar surface area (TPSA) is 18.1 Å². The maximum atomic E-state index is 5.95. The first-order chi connectivity index (χ1) is 14.8. The first-order valence-electron chi connectivity index (χ1n) is 9.92. The average molecular weight is 462 g/mol. The van der Waals surface area contributed by atoms with Crippen LogP contribution in [0.15, 0.2) is 120 Å². The lowest BCUT2D eigenvalue weighted by atomic mass is 10.3. The molecule has 5 heteroatoms. The number of hydrogen-bond acceptors (Lipinski definition) is 2. The van der Waals surface area contributed by atoms with Gasteiger partial charge in [0.25, 0.3) is 4.84 Å². The number of hydrogen-bond donors (Lipinski definition) is 0. The highest BCUT2D eigenvalue weighted by Crippen LogP contribution is 2.57. The van der Waals surface area contributed by atoms with Crippen LogP contribution in [0, 0.1) is 4.84 Å². The monoisotopic (exact) mass is 461 g/mol. The lowest BCUT2D eigenvalue weighted by Crippen LogP contribution is -3.00. The van der Waals surface area contributed by atoms with E-state index in [0.717, 1.165) is 17.4 Å². The number of benzene rings is 4. The molecule has 31 heavy (non-hydrogen) atoms. The molecule has 0 saturated carbocycles. The van der Waals surface area contributed by atoms with E-state index < -0.39 is 7.26 Å². The molecule has 1 heterocycles. The molecule has 0 fully saturated rings. The minimum absolute atomic E-state index is 0. The minimum atomic E-state index is -2.04. The lowest BCUT2D eigenvalue weighted by molar-refractivity contribution is -0.00000614. The normalized spacial score (nSPS) is 11.2. The summed E-state index contributed by atoms with van der Waals surface area (Å²) in [4.78, 5) is 0.517. The largest absolute Gasteiger partial charge is 1.00 e. The molecule has 5 rings (SSSR count). The Hall–Kier alpha value is -2.71. The third-order valence-electron chi connectivity index (χ3n) is 5.52. The Labute approximate surface area is 193 Å². The van der Waals surface area contributed by atoms with Crippen LogP contribution < -0.4 is 28.3 Å². The second-order valence-electron chi connectivity index (χ2n) is 7.22. The van der Waals surface area contributed by atoms with Gasteiger partial charge in [0, 0.05) is 0 Å². The van der Waals surface area contributed by atoms with Gasteiger partial charge in [0.15, 0.2) is 11.9 Å². The van der Waals surface area contributed by atoms with E-state index in [-0.39, 0.29) is 12.4 Å². The van der Waals surface area contributed by atoms with Gasteiger partial charge in [0.05, 0.1) is 5.52 Å². The number of aromatic nitrogens is 1. The fraction of sp³-hybridized carbons (Fsp3) is 0.0385. The first kappa shape index (κ1) is 21.5. The van der Waals surface area contributed by atoms with E-state index in [4.69, 9.17) is 16.6 Å². The van der Waals surface area contributed by atoms with E-state index >= 15 is 0 Å². The van der Waals surface area contributed by atoms with E-state index in [1.807, 2.05) is 18.2 Å². The second-order valence-corrected chi connectivity index (χ2v) is 11.0.